The van der Waals surface area contributed by atoms with Crippen LogP contribution in [0.1, 0.15) is 25.7 Å². The van der Waals surface area contributed by atoms with Gasteiger partial charge in [-0.15, -0.1) is 0 Å². The first-order chi connectivity index (χ1) is 8.91. The molecule has 1 aliphatic heterocycles. The molecule has 2 aliphatic rings. The average molecular weight is 395 g/mol. The molecule has 7 heteroatoms. The van der Waals surface area contributed by atoms with Gasteiger partial charge in [0, 0.05) is 6.54 Å². The first kappa shape index (κ1) is 14.7. The molecule has 2 amide bonds. The Labute approximate surface area is 127 Å². The van der Waals surface area contributed by atoms with Crippen LogP contribution in [0.15, 0.2) is 8.96 Å². The zero-order valence-corrected chi connectivity index (χ0v) is 13.2. The smallest absolute Gasteiger partial charge is 0.306 e. The lowest BCUT2D eigenvalue weighted by Crippen LogP contribution is -2.37. The number of halogens is 2. The summed E-state index contributed by atoms with van der Waals surface area (Å²) in [6.07, 6.45) is 2.71. The highest BCUT2D eigenvalue weighted by atomic mass is 79.9. The average Bonchev–Trinajstić information content (AvgIpc) is 2.57. The number of imide groups is 1. The van der Waals surface area contributed by atoms with Gasteiger partial charge in [-0.05, 0) is 63.5 Å². The van der Waals surface area contributed by atoms with Crippen molar-refractivity contribution in [3.8, 4) is 0 Å². The molecule has 1 fully saturated rings. The van der Waals surface area contributed by atoms with Crippen LogP contribution in [0.2, 0.25) is 0 Å². The van der Waals surface area contributed by atoms with Gasteiger partial charge in [-0.25, -0.2) is 0 Å². The third-order valence-corrected chi connectivity index (χ3v) is 5.70. The molecule has 0 unspecified atom stereocenters. The molecule has 1 aliphatic carbocycles. The van der Waals surface area contributed by atoms with E-state index in [1.54, 1.807) is 0 Å². The summed E-state index contributed by atoms with van der Waals surface area (Å²) in [5, 5.41) is 8.92. The number of rotatable bonds is 3. The molecule has 0 aromatic rings. The summed E-state index contributed by atoms with van der Waals surface area (Å²) in [6, 6.07) is 0. The van der Waals surface area contributed by atoms with Crippen molar-refractivity contribution < 1.29 is 19.5 Å². The Morgan fingerprint density at radius 2 is 1.58 bits per heavy atom. The monoisotopic (exact) mass is 393 g/mol. The Morgan fingerprint density at radius 3 is 2.00 bits per heavy atom. The Bertz CT molecular complexity index is 442. The van der Waals surface area contributed by atoms with E-state index in [0.29, 0.717) is 19.4 Å². The van der Waals surface area contributed by atoms with Crippen molar-refractivity contribution in [1.29, 1.82) is 0 Å². The molecule has 1 saturated carbocycles. The number of carbonyl (C=O) groups excluding carboxylic acids is 2. The highest BCUT2D eigenvalue weighted by Gasteiger charge is 2.38. The molecule has 0 radical (unpaired) electrons. The SMILES string of the molecule is O=C(O)C1CCC(CN2C(=O)C(Br)=C(Br)C2=O)CC1. The Hall–Kier alpha value is -0.690. The summed E-state index contributed by atoms with van der Waals surface area (Å²) in [7, 11) is 0. The molecule has 0 aromatic carbocycles. The van der Waals surface area contributed by atoms with E-state index in [-0.39, 0.29) is 32.6 Å². The van der Waals surface area contributed by atoms with Gasteiger partial charge in [-0.2, -0.15) is 0 Å². The van der Waals surface area contributed by atoms with Gasteiger partial charge in [0.15, 0.2) is 0 Å². The summed E-state index contributed by atoms with van der Waals surface area (Å²) in [6.45, 7) is 0.369. The van der Waals surface area contributed by atoms with Crippen LogP contribution >= 0.6 is 31.9 Å². The van der Waals surface area contributed by atoms with E-state index >= 15 is 0 Å². The number of carboxylic acids is 1. The molecule has 19 heavy (non-hydrogen) atoms. The second-order valence-electron chi connectivity index (χ2n) is 4.90. The molecule has 0 aromatic heterocycles. The van der Waals surface area contributed by atoms with Crippen molar-refractivity contribution in [2.75, 3.05) is 6.54 Å². The molecular formula is C12H13Br2NO4. The molecule has 0 spiro atoms. The normalized spacial score (nSPS) is 28.2. The van der Waals surface area contributed by atoms with Crippen LogP contribution < -0.4 is 0 Å². The van der Waals surface area contributed by atoms with Crippen molar-refractivity contribution >= 4 is 49.6 Å². The third-order valence-electron chi connectivity index (χ3n) is 3.70. The Balaban J connectivity index is 1.93. The summed E-state index contributed by atoms with van der Waals surface area (Å²) in [5.41, 5.74) is 0. The van der Waals surface area contributed by atoms with Gasteiger partial charge in [-0.1, -0.05) is 0 Å². The summed E-state index contributed by atoms with van der Waals surface area (Å²) in [5.74, 6) is -1.48. The Morgan fingerprint density at radius 1 is 1.11 bits per heavy atom. The van der Waals surface area contributed by atoms with Gasteiger partial charge < -0.3 is 5.11 Å². The molecule has 0 atom stereocenters. The van der Waals surface area contributed by atoms with E-state index in [1.807, 2.05) is 0 Å². The first-order valence-electron chi connectivity index (χ1n) is 6.06. The molecule has 104 valence electrons. The number of amides is 2. The van der Waals surface area contributed by atoms with Gasteiger partial charge in [0.2, 0.25) is 0 Å². The fourth-order valence-electron chi connectivity index (χ4n) is 2.53. The predicted molar refractivity (Wildman–Crippen MR) is 74.7 cm³/mol. The van der Waals surface area contributed by atoms with Crippen LogP contribution in [0.4, 0.5) is 0 Å². The molecule has 1 heterocycles. The maximum absolute atomic E-state index is 11.8. The van der Waals surface area contributed by atoms with Crippen LogP contribution in [0.5, 0.6) is 0 Å². The number of carbonyl (C=O) groups is 3. The zero-order valence-electron chi connectivity index (χ0n) is 10.1. The van der Waals surface area contributed by atoms with E-state index < -0.39 is 5.97 Å². The minimum absolute atomic E-state index is 0.196. The predicted octanol–water partition coefficient (Wildman–Crippen LogP) is 2.25. The van der Waals surface area contributed by atoms with Crippen molar-refractivity contribution in [3.05, 3.63) is 8.96 Å². The number of aliphatic carboxylic acids is 1. The third kappa shape index (κ3) is 2.91. The van der Waals surface area contributed by atoms with Crippen molar-refractivity contribution in [3.63, 3.8) is 0 Å². The van der Waals surface area contributed by atoms with Crippen molar-refractivity contribution in [2.24, 2.45) is 11.8 Å². The van der Waals surface area contributed by atoms with Crippen LogP contribution in [0, 0.1) is 11.8 Å². The minimum Gasteiger partial charge on any atom is -0.481 e. The number of hydrogen-bond donors (Lipinski definition) is 1. The minimum atomic E-state index is -0.751. The molecule has 0 saturated heterocycles. The van der Waals surface area contributed by atoms with Crippen molar-refractivity contribution in [2.45, 2.75) is 25.7 Å². The lowest BCUT2D eigenvalue weighted by Gasteiger charge is -2.28. The fourth-order valence-corrected chi connectivity index (χ4v) is 3.30. The van der Waals surface area contributed by atoms with E-state index in [1.165, 1.54) is 4.90 Å². The lowest BCUT2D eigenvalue weighted by atomic mass is 9.82. The molecule has 1 N–H and O–H groups in total. The summed E-state index contributed by atoms with van der Waals surface area (Å²) < 4.78 is 0.522. The maximum Gasteiger partial charge on any atom is 0.306 e. The largest absolute Gasteiger partial charge is 0.481 e. The van der Waals surface area contributed by atoms with Gasteiger partial charge in [-0.3, -0.25) is 19.3 Å². The van der Waals surface area contributed by atoms with E-state index in [2.05, 4.69) is 31.9 Å². The Kier molecular flexibility index (Phi) is 4.45. The highest BCUT2D eigenvalue weighted by molar-refractivity contribution is 9.14. The van der Waals surface area contributed by atoms with Gasteiger partial charge in [0.1, 0.15) is 8.96 Å². The van der Waals surface area contributed by atoms with Crippen LogP contribution in [0.3, 0.4) is 0 Å². The molecule has 2 rings (SSSR count). The highest BCUT2D eigenvalue weighted by Crippen LogP contribution is 2.34. The molecule has 5 nitrogen and oxygen atoms in total. The van der Waals surface area contributed by atoms with E-state index in [0.717, 1.165) is 12.8 Å². The second kappa shape index (κ2) is 5.75. The number of nitrogens with zero attached hydrogens (tertiary/aromatic N) is 1. The summed E-state index contributed by atoms with van der Waals surface area (Å²) in [4.78, 5) is 35.8. The number of hydrogen-bond acceptors (Lipinski definition) is 3. The van der Waals surface area contributed by atoms with Crippen LogP contribution in [0.25, 0.3) is 0 Å². The quantitative estimate of drug-likeness (QED) is 0.745. The first-order valence-corrected chi connectivity index (χ1v) is 7.64. The zero-order chi connectivity index (χ0) is 14.2. The maximum atomic E-state index is 11.8. The lowest BCUT2D eigenvalue weighted by molar-refractivity contribution is -0.144. The van der Waals surface area contributed by atoms with E-state index in [9.17, 15) is 14.4 Å². The summed E-state index contributed by atoms with van der Waals surface area (Å²) >= 11 is 6.17. The van der Waals surface area contributed by atoms with Crippen LogP contribution in [-0.4, -0.2) is 34.3 Å². The van der Waals surface area contributed by atoms with Crippen molar-refractivity contribution in [1.82, 2.24) is 4.90 Å². The fraction of sp³-hybridized carbons (Fsp3) is 0.583. The van der Waals surface area contributed by atoms with Gasteiger partial charge in [0.05, 0.1) is 5.92 Å². The van der Waals surface area contributed by atoms with Crippen LogP contribution in [-0.2, 0) is 14.4 Å². The second-order valence-corrected chi connectivity index (χ2v) is 6.49. The van der Waals surface area contributed by atoms with Gasteiger partial charge >= 0.3 is 5.97 Å². The van der Waals surface area contributed by atoms with E-state index in [4.69, 9.17) is 5.11 Å². The molecular weight excluding hydrogens is 382 g/mol. The number of carboxylic acid groups (broad SMARTS) is 1. The topological polar surface area (TPSA) is 74.7 Å². The standard InChI is InChI=1S/C12H13Br2NO4/c13-8-9(14)11(17)15(10(8)16)5-6-1-3-7(4-2-6)12(18)19/h6-7H,1-5H2,(H,18,19). The van der Waals surface area contributed by atoms with Gasteiger partial charge in [0.25, 0.3) is 11.8 Å². The molecule has 0 bridgehead atoms.